The van der Waals surface area contributed by atoms with Gasteiger partial charge in [-0.25, -0.2) is 0 Å². The highest BCUT2D eigenvalue weighted by Gasteiger charge is 2.19. The highest BCUT2D eigenvalue weighted by molar-refractivity contribution is 5.71. The molecule has 0 fully saturated rings. The normalized spacial score (nSPS) is 13.0. The molecule has 0 radical (unpaired) electrons. The number of hydrogen-bond acceptors (Lipinski definition) is 6. The van der Waals surface area contributed by atoms with Crippen molar-refractivity contribution in [1.82, 2.24) is 0 Å². The van der Waals surface area contributed by atoms with Crippen LogP contribution in [-0.4, -0.2) is 37.2 Å². The summed E-state index contributed by atoms with van der Waals surface area (Å²) in [5.74, 6) is -0.962. The highest BCUT2D eigenvalue weighted by Crippen LogP contribution is 2.13. The Morgan fingerprint density at radius 3 is 1.16 bits per heavy atom. The van der Waals surface area contributed by atoms with Crippen molar-refractivity contribution in [3.8, 4) is 0 Å². The van der Waals surface area contributed by atoms with Gasteiger partial charge in [0, 0.05) is 19.3 Å². The summed E-state index contributed by atoms with van der Waals surface area (Å²) in [4.78, 5) is 38.0. The standard InChI is InChI=1S/C58H94O6/c1-4-7-10-13-16-19-22-25-28-31-33-36-39-42-45-48-51-57(60)63-54-55(64-58(61)52-49-46-43-40-37-34-30-27-24-21-18-15-12-9-6-3)53-62-56(59)50-47-44-41-38-35-32-29-26-23-20-17-14-11-8-5-2/h7,9-10,12,15-21,23-26,28,33,36,55H,4-6,8,11,13-14,22,27,29-32,34-35,37-54H2,1-3H3/b10-7-,12-9-,18-15-,19-16-,20-17-,24-21-,26-23-,28-25-,36-33-. The van der Waals surface area contributed by atoms with E-state index < -0.39 is 6.10 Å². The Bertz CT molecular complexity index is 1340. The Kier molecular flexibility index (Phi) is 48.5. The van der Waals surface area contributed by atoms with Crippen LogP contribution in [0.3, 0.4) is 0 Å². The largest absolute Gasteiger partial charge is 0.462 e. The van der Waals surface area contributed by atoms with Gasteiger partial charge in [0.15, 0.2) is 6.10 Å². The molecular weight excluding hydrogens is 793 g/mol. The second-order valence-electron chi connectivity index (χ2n) is 16.8. The first-order valence-corrected chi connectivity index (χ1v) is 25.9. The highest BCUT2D eigenvalue weighted by atomic mass is 16.6. The van der Waals surface area contributed by atoms with Crippen LogP contribution >= 0.6 is 0 Å². The van der Waals surface area contributed by atoms with E-state index in [9.17, 15) is 14.4 Å². The first-order valence-electron chi connectivity index (χ1n) is 25.9. The van der Waals surface area contributed by atoms with Gasteiger partial charge in [-0.1, -0.05) is 207 Å². The molecule has 1 unspecified atom stereocenters. The van der Waals surface area contributed by atoms with Gasteiger partial charge < -0.3 is 14.2 Å². The number of carbonyl (C=O) groups is 3. The molecule has 0 amide bonds. The van der Waals surface area contributed by atoms with Crippen molar-refractivity contribution < 1.29 is 28.6 Å². The maximum atomic E-state index is 12.8. The van der Waals surface area contributed by atoms with E-state index in [1.54, 1.807) is 0 Å². The SMILES string of the molecule is CC\C=C/C=C\C=C/CCCCCCCCCC(=O)OC(COC(=O)CCCCC/C=C\C/C=C\C/C=C\C/C=C\CC)COC(=O)CCCCCCCC/C=C\C=C/CCCCC. The molecular formula is C58H94O6. The fraction of sp³-hybridized carbons (Fsp3) is 0.638. The molecule has 0 aromatic rings. The van der Waals surface area contributed by atoms with E-state index in [4.69, 9.17) is 14.2 Å². The van der Waals surface area contributed by atoms with Gasteiger partial charge in [0.25, 0.3) is 0 Å². The molecule has 362 valence electrons. The summed E-state index contributed by atoms with van der Waals surface area (Å²) in [7, 11) is 0. The van der Waals surface area contributed by atoms with Crippen LogP contribution < -0.4 is 0 Å². The third kappa shape index (κ3) is 49.1. The minimum absolute atomic E-state index is 0.102. The molecule has 0 aliphatic rings. The van der Waals surface area contributed by atoms with E-state index in [0.717, 1.165) is 122 Å². The number of rotatable bonds is 45. The number of esters is 3. The molecule has 6 nitrogen and oxygen atoms in total. The van der Waals surface area contributed by atoms with Gasteiger partial charge in [-0.05, 0) is 103 Å². The molecule has 0 bridgehead atoms. The van der Waals surface area contributed by atoms with Crippen molar-refractivity contribution in [2.24, 2.45) is 0 Å². The summed E-state index contributed by atoms with van der Waals surface area (Å²) in [5, 5.41) is 0. The summed E-state index contributed by atoms with van der Waals surface area (Å²) >= 11 is 0. The van der Waals surface area contributed by atoms with E-state index >= 15 is 0 Å². The Morgan fingerprint density at radius 2 is 0.688 bits per heavy atom. The Labute approximate surface area is 393 Å². The lowest BCUT2D eigenvalue weighted by atomic mass is 10.1. The molecule has 6 heteroatoms. The summed E-state index contributed by atoms with van der Waals surface area (Å²) < 4.78 is 16.8. The lowest BCUT2D eigenvalue weighted by Crippen LogP contribution is -2.30. The van der Waals surface area contributed by atoms with Crippen LogP contribution in [0, 0.1) is 0 Å². The van der Waals surface area contributed by atoms with Crippen molar-refractivity contribution in [3.63, 3.8) is 0 Å². The quantitative estimate of drug-likeness (QED) is 0.0199. The summed E-state index contributed by atoms with van der Waals surface area (Å²) in [5.41, 5.74) is 0. The second-order valence-corrected chi connectivity index (χ2v) is 16.8. The first kappa shape index (κ1) is 60.1. The van der Waals surface area contributed by atoms with Crippen molar-refractivity contribution in [3.05, 3.63) is 109 Å². The molecule has 1 atom stereocenters. The maximum Gasteiger partial charge on any atom is 0.306 e. The van der Waals surface area contributed by atoms with E-state index in [0.29, 0.717) is 19.3 Å². The zero-order chi connectivity index (χ0) is 46.5. The third-order valence-corrected chi connectivity index (χ3v) is 10.6. The van der Waals surface area contributed by atoms with Crippen LogP contribution in [0.2, 0.25) is 0 Å². The molecule has 0 N–H and O–H groups in total. The van der Waals surface area contributed by atoms with Crippen LogP contribution in [0.1, 0.15) is 220 Å². The Balaban J connectivity index is 4.50. The van der Waals surface area contributed by atoms with Crippen molar-refractivity contribution in [1.29, 1.82) is 0 Å². The molecule has 0 saturated carbocycles. The molecule has 0 saturated heterocycles. The van der Waals surface area contributed by atoms with Gasteiger partial charge in [-0.15, -0.1) is 0 Å². The first-order chi connectivity index (χ1) is 31.5. The lowest BCUT2D eigenvalue weighted by molar-refractivity contribution is -0.167. The Morgan fingerprint density at radius 1 is 0.344 bits per heavy atom. The molecule has 0 spiro atoms. The van der Waals surface area contributed by atoms with Gasteiger partial charge >= 0.3 is 17.9 Å². The number of carbonyl (C=O) groups excluding carboxylic acids is 3. The fourth-order valence-corrected chi connectivity index (χ4v) is 6.72. The smallest absolute Gasteiger partial charge is 0.306 e. The summed E-state index contributed by atoms with van der Waals surface area (Å²) in [6, 6.07) is 0. The van der Waals surface area contributed by atoms with E-state index in [2.05, 4.69) is 130 Å². The zero-order valence-electron chi connectivity index (χ0n) is 41.3. The number of unbranched alkanes of at least 4 members (excludes halogenated alkanes) is 19. The molecule has 0 aromatic carbocycles. The predicted octanol–water partition coefficient (Wildman–Crippen LogP) is 17.1. The maximum absolute atomic E-state index is 12.8. The van der Waals surface area contributed by atoms with Crippen LogP contribution in [0.25, 0.3) is 0 Å². The number of hydrogen-bond donors (Lipinski definition) is 0. The van der Waals surface area contributed by atoms with Crippen LogP contribution in [0.4, 0.5) is 0 Å². The summed E-state index contributed by atoms with van der Waals surface area (Å²) in [6.07, 6.45) is 69.2. The summed E-state index contributed by atoms with van der Waals surface area (Å²) in [6.45, 7) is 6.30. The van der Waals surface area contributed by atoms with E-state index in [1.807, 2.05) is 0 Å². The minimum atomic E-state index is -0.804. The molecule has 0 rings (SSSR count). The van der Waals surface area contributed by atoms with Crippen LogP contribution in [-0.2, 0) is 28.6 Å². The molecule has 0 aromatic heterocycles. The monoisotopic (exact) mass is 887 g/mol. The van der Waals surface area contributed by atoms with Gasteiger partial charge in [-0.3, -0.25) is 14.4 Å². The van der Waals surface area contributed by atoms with Crippen molar-refractivity contribution >= 4 is 17.9 Å². The number of ether oxygens (including phenoxy) is 3. The van der Waals surface area contributed by atoms with Crippen LogP contribution in [0.15, 0.2) is 109 Å². The topological polar surface area (TPSA) is 78.9 Å². The van der Waals surface area contributed by atoms with Gasteiger partial charge in [0.05, 0.1) is 0 Å². The van der Waals surface area contributed by atoms with E-state index in [1.165, 1.54) is 57.8 Å². The van der Waals surface area contributed by atoms with Crippen molar-refractivity contribution in [2.75, 3.05) is 13.2 Å². The molecule has 0 heterocycles. The van der Waals surface area contributed by atoms with Crippen LogP contribution in [0.5, 0.6) is 0 Å². The van der Waals surface area contributed by atoms with Crippen molar-refractivity contribution in [2.45, 2.75) is 226 Å². The lowest BCUT2D eigenvalue weighted by Gasteiger charge is -2.18. The molecule has 64 heavy (non-hydrogen) atoms. The molecule has 0 aliphatic heterocycles. The van der Waals surface area contributed by atoms with Gasteiger partial charge in [0.1, 0.15) is 13.2 Å². The molecule has 0 aliphatic carbocycles. The Hall–Kier alpha value is -3.93. The zero-order valence-corrected chi connectivity index (χ0v) is 41.3. The minimum Gasteiger partial charge on any atom is -0.462 e. The fourth-order valence-electron chi connectivity index (χ4n) is 6.72. The second kappa shape index (κ2) is 51.7. The van der Waals surface area contributed by atoms with Gasteiger partial charge in [-0.2, -0.15) is 0 Å². The average Bonchev–Trinajstić information content (AvgIpc) is 3.29. The third-order valence-electron chi connectivity index (χ3n) is 10.6. The number of allylic oxidation sites excluding steroid dienone is 18. The van der Waals surface area contributed by atoms with Gasteiger partial charge in [0.2, 0.25) is 0 Å². The average molecular weight is 887 g/mol. The van der Waals surface area contributed by atoms with E-state index in [-0.39, 0.29) is 31.1 Å². The predicted molar refractivity (Wildman–Crippen MR) is 274 cm³/mol.